The summed E-state index contributed by atoms with van der Waals surface area (Å²) < 4.78 is 0. The molecule has 0 radical (unpaired) electrons. The molecular formula is C9H16N2OS. The normalized spacial score (nSPS) is 40.3. The fraction of sp³-hybridized carbons (Fsp3) is 0.889. The zero-order chi connectivity index (χ0) is 9.42. The minimum atomic E-state index is -0.244. The molecule has 0 saturated carbocycles. The third-order valence-electron chi connectivity index (χ3n) is 2.85. The number of thioether (sulfide) groups is 1. The maximum absolute atomic E-state index is 11.8. The van der Waals surface area contributed by atoms with Gasteiger partial charge in [-0.3, -0.25) is 4.79 Å². The summed E-state index contributed by atoms with van der Waals surface area (Å²) in [6, 6.07) is 0.137. The van der Waals surface area contributed by atoms with Crippen LogP contribution in [0.3, 0.4) is 0 Å². The van der Waals surface area contributed by atoms with Gasteiger partial charge in [0.2, 0.25) is 5.91 Å². The van der Waals surface area contributed by atoms with E-state index in [0.717, 1.165) is 25.0 Å². The number of amides is 1. The van der Waals surface area contributed by atoms with Crippen molar-refractivity contribution in [3.8, 4) is 0 Å². The summed E-state index contributed by atoms with van der Waals surface area (Å²) in [6.07, 6.45) is 3.07. The molecule has 0 aliphatic carbocycles. The third kappa shape index (κ3) is 1.57. The number of nitrogens with zero attached hydrogens (tertiary/aromatic N) is 1. The molecule has 2 N–H and O–H groups in total. The van der Waals surface area contributed by atoms with Gasteiger partial charge in [-0.1, -0.05) is 0 Å². The maximum atomic E-state index is 11.8. The highest BCUT2D eigenvalue weighted by molar-refractivity contribution is 8.00. The second-order valence-corrected chi connectivity index (χ2v) is 5.13. The first-order chi connectivity index (χ1) is 6.20. The van der Waals surface area contributed by atoms with Gasteiger partial charge in [-0.15, -0.1) is 11.8 Å². The molecule has 0 aromatic carbocycles. The van der Waals surface area contributed by atoms with Crippen LogP contribution >= 0.6 is 11.8 Å². The Morgan fingerprint density at radius 2 is 2.31 bits per heavy atom. The molecule has 74 valence electrons. The molecule has 0 aromatic rings. The van der Waals surface area contributed by atoms with Crippen molar-refractivity contribution in [3.63, 3.8) is 0 Å². The van der Waals surface area contributed by atoms with Gasteiger partial charge in [0.05, 0.1) is 11.4 Å². The van der Waals surface area contributed by atoms with E-state index in [0.29, 0.717) is 11.4 Å². The molecule has 2 heterocycles. The highest BCUT2D eigenvalue weighted by atomic mass is 32.2. The number of nitrogens with two attached hydrogens (primary N) is 1. The highest BCUT2D eigenvalue weighted by Gasteiger charge is 2.38. The molecular weight excluding hydrogens is 184 g/mol. The summed E-state index contributed by atoms with van der Waals surface area (Å²) in [5, 5.41) is 0.413. The van der Waals surface area contributed by atoms with E-state index in [1.165, 1.54) is 0 Å². The summed E-state index contributed by atoms with van der Waals surface area (Å²) in [5.41, 5.74) is 5.80. The second-order valence-electron chi connectivity index (χ2n) is 3.92. The molecule has 2 aliphatic heterocycles. The van der Waals surface area contributed by atoms with Gasteiger partial charge in [0.25, 0.3) is 0 Å². The lowest BCUT2D eigenvalue weighted by atomic mass is 10.1. The first kappa shape index (κ1) is 9.34. The van der Waals surface area contributed by atoms with E-state index in [1.54, 1.807) is 0 Å². The molecule has 1 amide bonds. The fourth-order valence-corrected chi connectivity index (χ4v) is 3.57. The first-order valence-corrected chi connectivity index (χ1v) is 5.94. The molecule has 3 unspecified atom stereocenters. The lowest BCUT2D eigenvalue weighted by Crippen LogP contribution is -2.46. The van der Waals surface area contributed by atoms with Gasteiger partial charge in [-0.25, -0.2) is 0 Å². The van der Waals surface area contributed by atoms with Crippen molar-refractivity contribution >= 4 is 17.7 Å². The van der Waals surface area contributed by atoms with Crippen molar-refractivity contribution in [1.29, 1.82) is 0 Å². The number of carbonyl (C=O) groups excluding carboxylic acids is 1. The molecule has 0 bridgehead atoms. The van der Waals surface area contributed by atoms with E-state index in [2.05, 4.69) is 6.92 Å². The van der Waals surface area contributed by atoms with Gasteiger partial charge in [-0.05, 0) is 26.2 Å². The van der Waals surface area contributed by atoms with Gasteiger partial charge < -0.3 is 10.6 Å². The molecule has 3 atom stereocenters. The van der Waals surface area contributed by atoms with Crippen molar-refractivity contribution in [2.75, 3.05) is 5.75 Å². The van der Waals surface area contributed by atoms with Gasteiger partial charge in [-0.2, -0.15) is 0 Å². The average Bonchev–Trinajstić information content (AvgIpc) is 2.39. The lowest BCUT2D eigenvalue weighted by molar-refractivity contribution is -0.133. The summed E-state index contributed by atoms with van der Waals surface area (Å²) in [7, 11) is 0. The van der Waals surface area contributed by atoms with Crippen LogP contribution in [0.2, 0.25) is 0 Å². The number of fused-ring (bicyclic) bond motifs is 1. The van der Waals surface area contributed by atoms with E-state index in [-0.39, 0.29) is 11.9 Å². The van der Waals surface area contributed by atoms with Gasteiger partial charge in [0.1, 0.15) is 0 Å². The van der Waals surface area contributed by atoms with Crippen LogP contribution in [0.1, 0.15) is 26.2 Å². The largest absolute Gasteiger partial charge is 0.326 e. The molecule has 3 nitrogen and oxygen atoms in total. The second kappa shape index (κ2) is 3.50. The standard InChI is InChI=1S/C9H16N2OS/c1-6-5-13-8-4-2-3-7(10)9(12)11(6)8/h6-8H,2-5,10H2,1H3. The summed E-state index contributed by atoms with van der Waals surface area (Å²) in [5.74, 6) is 1.24. The summed E-state index contributed by atoms with van der Waals surface area (Å²) >= 11 is 1.90. The summed E-state index contributed by atoms with van der Waals surface area (Å²) in [6.45, 7) is 2.11. The zero-order valence-electron chi connectivity index (χ0n) is 7.90. The Morgan fingerprint density at radius 3 is 3.08 bits per heavy atom. The number of carbonyl (C=O) groups is 1. The van der Waals surface area contributed by atoms with E-state index >= 15 is 0 Å². The molecule has 2 rings (SSSR count). The van der Waals surface area contributed by atoms with Crippen molar-refractivity contribution < 1.29 is 4.79 Å². The lowest BCUT2D eigenvalue weighted by Gasteiger charge is -2.26. The maximum Gasteiger partial charge on any atom is 0.240 e. The number of hydrogen-bond acceptors (Lipinski definition) is 3. The van der Waals surface area contributed by atoms with Crippen molar-refractivity contribution in [2.24, 2.45) is 5.73 Å². The Labute approximate surface area is 83.0 Å². The molecule has 0 spiro atoms. The van der Waals surface area contributed by atoms with Gasteiger partial charge in [0.15, 0.2) is 0 Å². The highest BCUT2D eigenvalue weighted by Crippen LogP contribution is 2.34. The molecule has 2 saturated heterocycles. The molecule has 4 heteroatoms. The van der Waals surface area contributed by atoms with Crippen LogP contribution in [0, 0.1) is 0 Å². The minimum Gasteiger partial charge on any atom is -0.326 e. The Morgan fingerprint density at radius 1 is 1.54 bits per heavy atom. The quantitative estimate of drug-likeness (QED) is 0.629. The Kier molecular flexibility index (Phi) is 2.51. The van der Waals surface area contributed by atoms with Gasteiger partial charge >= 0.3 is 0 Å². The zero-order valence-corrected chi connectivity index (χ0v) is 8.72. The topological polar surface area (TPSA) is 46.3 Å². The Hall–Kier alpha value is -0.220. The van der Waals surface area contributed by atoms with Gasteiger partial charge in [0, 0.05) is 11.8 Å². The van der Waals surface area contributed by atoms with Crippen LogP contribution in [-0.4, -0.2) is 34.0 Å². The van der Waals surface area contributed by atoms with E-state index < -0.39 is 0 Å². The third-order valence-corrected chi connectivity index (χ3v) is 4.38. The van der Waals surface area contributed by atoms with E-state index in [1.807, 2.05) is 16.7 Å². The van der Waals surface area contributed by atoms with Crippen LogP contribution in [-0.2, 0) is 4.79 Å². The molecule has 2 fully saturated rings. The monoisotopic (exact) mass is 200 g/mol. The Balaban J connectivity index is 2.18. The first-order valence-electron chi connectivity index (χ1n) is 4.89. The van der Waals surface area contributed by atoms with Crippen LogP contribution in [0.25, 0.3) is 0 Å². The smallest absolute Gasteiger partial charge is 0.240 e. The molecule has 2 aliphatic rings. The molecule has 13 heavy (non-hydrogen) atoms. The van der Waals surface area contributed by atoms with Crippen molar-refractivity contribution in [2.45, 2.75) is 43.6 Å². The summed E-state index contributed by atoms with van der Waals surface area (Å²) in [4.78, 5) is 13.8. The average molecular weight is 200 g/mol. The number of hydrogen-bond donors (Lipinski definition) is 1. The van der Waals surface area contributed by atoms with Crippen LogP contribution in [0.5, 0.6) is 0 Å². The van der Waals surface area contributed by atoms with E-state index in [4.69, 9.17) is 5.73 Å². The predicted molar refractivity (Wildman–Crippen MR) is 54.4 cm³/mol. The van der Waals surface area contributed by atoms with Crippen molar-refractivity contribution in [1.82, 2.24) is 4.90 Å². The van der Waals surface area contributed by atoms with Crippen LogP contribution < -0.4 is 5.73 Å². The fourth-order valence-electron chi connectivity index (χ4n) is 2.10. The number of rotatable bonds is 0. The van der Waals surface area contributed by atoms with Crippen molar-refractivity contribution in [3.05, 3.63) is 0 Å². The predicted octanol–water partition coefficient (Wildman–Crippen LogP) is 0.788. The Bertz CT molecular complexity index is 222. The molecule has 0 aromatic heterocycles. The van der Waals surface area contributed by atoms with Crippen LogP contribution in [0.15, 0.2) is 0 Å². The van der Waals surface area contributed by atoms with Crippen LogP contribution in [0.4, 0.5) is 0 Å². The SMILES string of the molecule is CC1CSC2CCCC(N)C(=O)N12. The minimum absolute atomic E-state index is 0.167. The van der Waals surface area contributed by atoms with E-state index in [9.17, 15) is 4.79 Å².